The van der Waals surface area contributed by atoms with Gasteiger partial charge in [0.25, 0.3) is 5.56 Å². The van der Waals surface area contributed by atoms with Crippen molar-refractivity contribution in [1.29, 1.82) is 0 Å². The molecule has 0 saturated carbocycles. The van der Waals surface area contributed by atoms with Crippen LogP contribution < -0.4 is 15.6 Å². The molecule has 0 bridgehead atoms. The van der Waals surface area contributed by atoms with E-state index < -0.39 is 6.09 Å². The molecule has 9 nitrogen and oxygen atoms in total. The molecule has 4 heterocycles. The van der Waals surface area contributed by atoms with Crippen molar-refractivity contribution in [3.05, 3.63) is 101 Å². The Bertz CT molecular complexity index is 1680. The molecule has 9 heteroatoms. The molecular formula is C31H32N6O3. The molecule has 1 fully saturated rings. The first-order chi connectivity index (χ1) is 19.5. The number of piperidine rings is 1. The van der Waals surface area contributed by atoms with Gasteiger partial charge in [0.1, 0.15) is 0 Å². The van der Waals surface area contributed by atoms with Crippen molar-refractivity contribution in [3.63, 3.8) is 0 Å². The lowest BCUT2D eigenvalue weighted by Crippen LogP contribution is -2.32. The van der Waals surface area contributed by atoms with Crippen LogP contribution in [-0.2, 0) is 13.1 Å². The third-order valence-corrected chi connectivity index (χ3v) is 7.41. The molecule has 0 radical (unpaired) electrons. The third-order valence-electron chi connectivity index (χ3n) is 7.41. The van der Waals surface area contributed by atoms with Crippen LogP contribution in [0.15, 0.2) is 84.0 Å². The largest absolute Gasteiger partial charge is 0.417 e. The summed E-state index contributed by atoms with van der Waals surface area (Å²) in [5.41, 5.74) is 4.57. The standard InChI is InChI=1S/C31H32N6O3/c1-21-9-11-36(12-10-21)18-23-7-8-28-24(13-23)14-29(35-28)27-15-25(16-32-30(27)38)34-31(39)40-26-17-33-37(20-26)19-22-5-3-2-4-6-22/h2-8,13-17,20-21,35H,9-12,18-19H2,1H3,(H,32,38)(H,34,39). The molecule has 0 unspecified atom stereocenters. The van der Waals surface area contributed by atoms with E-state index in [1.807, 2.05) is 36.4 Å². The van der Waals surface area contributed by atoms with Gasteiger partial charge in [-0.25, -0.2) is 4.79 Å². The van der Waals surface area contributed by atoms with Crippen molar-refractivity contribution in [3.8, 4) is 17.0 Å². The summed E-state index contributed by atoms with van der Waals surface area (Å²) in [5, 5.41) is 7.99. The van der Waals surface area contributed by atoms with E-state index in [0.29, 0.717) is 29.2 Å². The number of hydrogen-bond donors (Lipinski definition) is 3. The molecule has 1 saturated heterocycles. The maximum absolute atomic E-state index is 12.7. The van der Waals surface area contributed by atoms with E-state index in [1.54, 1.807) is 16.9 Å². The van der Waals surface area contributed by atoms with E-state index in [2.05, 4.69) is 50.4 Å². The van der Waals surface area contributed by atoms with Crippen molar-refractivity contribution in [2.75, 3.05) is 18.4 Å². The van der Waals surface area contributed by atoms with Crippen molar-refractivity contribution in [2.45, 2.75) is 32.9 Å². The van der Waals surface area contributed by atoms with Crippen LogP contribution in [0.2, 0.25) is 0 Å². The lowest BCUT2D eigenvalue weighted by molar-refractivity contribution is 0.185. The van der Waals surface area contributed by atoms with E-state index in [9.17, 15) is 9.59 Å². The van der Waals surface area contributed by atoms with Gasteiger partial charge in [0.2, 0.25) is 0 Å². The van der Waals surface area contributed by atoms with E-state index in [0.717, 1.165) is 42.0 Å². The lowest BCUT2D eigenvalue weighted by Gasteiger charge is -2.30. The molecule has 204 valence electrons. The molecule has 1 amide bonds. The van der Waals surface area contributed by atoms with Crippen LogP contribution >= 0.6 is 0 Å². The number of fused-ring (bicyclic) bond motifs is 1. The smallest absolute Gasteiger partial charge is 0.407 e. The molecule has 1 aliphatic rings. The van der Waals surface area contributed by atoms with Gasteiger partial charge in [-0.3, -0.25) is 19.7 Å². The van der Waals surface area contributed by atoms with Gasteiger partial charge in [0.15, 0.2) is 5.75 Å². The van der Waals surface area contributed by atoms with Gasteiger partial charge in [0.05, 0.1) is 35.9 Å². The van der Waals surface area contributed by atoms with E-state index in [1.165, 1.54) is 30.8 Å². The Balaban J connectivity index is 1.12. The molecule has 40 heavy (non-hydrogen) atoms. The first-order valence-electron chi connectivity index (χ1n) is 13.6. The number of likely N-dealkylation sites (tertiary alicyclic amines) is 1. The number of aromatic nitrogens is 4. The number of amides is 1. The average molecular weight is 537 g/mol. The normalized spacial score (nSPS) is 14.4. The average Bonchev–Trinajstić information content (AvgIpc) is 3.58. The molecule has 0 spiro atoms. The van der Waals surface area contributed by atoms with Crippen LogP contribution in [0.4, 0.5) is 10.5 Å². The maximum atomic E-state index is 12.7. The summed E-state index contributed by atoms with van der Waals surface area (Å²) in [5.74, 6) is 1.13. The number of anilines is 1. The van der Waals surface area contributed by atoms with Gasteiger partial charge in [-0.1, -0.05) is 43.3 Å². The Morgan fingerprint density at radius 2 is 1.88 bits per heavy atom. The summed E-state index contributed by atoms with van der Waals surface area (Å²) in [6.07, 6.45) is 6.42. The number of pyridine rings is 1. The lowest BCUT2D eigenvalue weighted by atomic mass is 9.99. The molecular weight excluding hydrogens is 504 g/mol. The number of aromatic amines is 2. The SMILES string of the molecule is CC1CCN(Cc2ccc3[nH]c(-c4cc(NC(=O)Oc5cnn(Cc6ccccc6)c5)c[nH]c4=O)cc3c2)CC1. The molecule has 6 rings (SSSR count). The number of hydrogen-bond acceptors (Lipinski definition) is 5. The Kier molecular flexibility index (Phi) is 7.20. The zero-order valence-corrected chi connectivity index (χ0v) is 22.4. The van der Waals surface area contributed by atoms with Gasteiger partial charge < -0.3 is 14.7 Å². The highest BCUT2D eigenvalue weighted by Gasteiger charge is 2.16. The second-order valence-electron chi connectivity index (χ2n) is 10.6. The van der Waals surface area contributed by atoms with Crippen LogP contribution in [0.25, 0.3) is 22.2 Å². The summed E-state index contributed by atoms with van der Waals surface area (Å²) < 4.78 is 7.10. The zero-order valence-electron chi connectivity index (χ0n) is 22.4. The highest BCUT2D eigenvalue weighted by atomic mass is 16.6. The minimum Gasteiger partial charge on any atom is -0.407 e. The predicted molar refractivity (Wildman–Crippen MR) is 155 cm³/mol. The molecule has 3 N–H and O–H groups in total. The van der Waals surface area contributed by atoms with Crippen molar-refractivity contribution >= 4 is 22.7 Å². The van der Waals surface area contributed by atoms with E-state index in [4.69, 9.17) is 4.74 Å². The van der Waals surface area contributed by atoms with Crippen molar-refractivity contribution < 1.29 is 9.53 Å². The van der Waals surface area contributed by atoms with Crippen molar-refractivity contribution in [1.82, 2.24) is 24.6 Å². The summed E-state index contributed by atoms with van der Waals surface area (Å²) in [7, 11) is 0. The fourth-order valence-electron chi connectivity index (χ4n) is 5.16. The number of benzene rings is 2. The van der Waals surface area contributed by atoms with Gasteiger partial charge in [0, 0.05) is 23.6 Å². The summed E-state index contributed by atoms with van der Waals surface area (Å²) >= 11 is 0. The summed E-state index contributed by atoms with van der Waals surface area (Å²) in [6, 6.07) is 19.9. The van der Waals surface area contributed by atoms with Gasteiger partial charge >= 0.3 is 6.09 Å². The highest BCUT2D eigenvalue weighted by Crippen LogP contribution is 2.26. The number of nitrogens with zero attached hydrogens (tertiary/aromatic N) is 3. The van der Waals surface area contributed by atoms with Crippen LogP contribution in [-0.4, -0.2) is 43.8 Å². The minimum atomic E-state index is -0.675. The fourth-order valence-corrected chi connectivity index (χ4v) is 5.16. The van der Waals surface area contributed by atoms with Crippen LogP contribution in [0.1, 0.15) is 30.9 Å². The Morgan fingerprint density at radius 3 is 2.70 bits per heavy atom. The Hall–Kier alpha value is -4.63. The first-order valence-corrected chi connectivity index (χ1v) is 13.6. The zero-order chi connectivity index (χ0) is 27.5. The number of carbonyl (C=O) groups is 1. The van der Waals surface area contributed by atoms with E-state index >= 15 is 0 Å². The molecule has 3 aromatic heterocycles. The van der Waals surface area contributed by atoms with Gasteiger partial charge in [-0.05, 0) is 67.2 Å². The highest BCUT2D eigenvalue weighted by molar-refractivity contribution is 5.89. The molecule has 5 aromatic rings. The third kappa shape index (κ3) is 6.00. The van der Waals surface area contributed by atoms with Crippen LogP contribution in [0, 0.1) is 5.92 Å². The van der Waals surface area contributed by atoms with Gasteiger partial charge in [-0.15, -0.1) is 0 Å². The van der Waals surface area contributed by atoms with E-state index in [-0.39, 0.29) is 5.56 Å². The summed E-state index contributed by atoms with van der Waals surface area (Å²) in [4.78, 5) is 33.8. The molecule has 1 aliphatic heterocycles. The van der Waals surface area contributed by atoms with Crippen LogP contribution in [0.5, 0.6) is 5.75 Å². The second-order valence-corrected chi connectivity index (χ2v) is 10.6. The topological polar surface area (TPSA) is 108 Å². The predicted octanol–water partition coefficient (Wildman–Crippen LogP) is 5.61. The number of ether oxygens (including phenoxy) is 1. The van der Waals surface area contributed by atoms with Crippen molar-refractivity contribution in [2.24, 2.45) is 5.92 Å². The minimum absolute atomic E-state index is 0.254. The molecule has 0 atom stereocenters. The molecule has 2 aromatic carbocycles. The number of rotatable bonds is 7. The van der Waals surface area contributed by atoms with Gasteiger partial charge in [-0.2, -0.15) is 5.10 Å². The fraction of sp³-hybridized carbons (Fsp3) is 0.258. The maximum Gasteiger partial charge on any atom is 0.417 e. The summed E-state index contributed by atoms with van der Waals surface area (Å²) in [6.45, 7) is 6.08. The quantitative estimate of drug-likeness (QED) is 0.251. The number of carbonyl (C=O) groups excluding carboxylic acids is 1. The Labute approximate surface area is 231 Å². The Morgan fingerprint density at radius 1 is 1.05 bits per heavy atom. The monoisotopic (exact) mass is 536 g/mol. The van der Waals surface area contributed by atoms with Crippen LogP contribution in [0.3, 0.4) is 0 Å². The second kappa shape index (κ2) is 11.2. The number of H-pyrrole nitrogens is 2. The molecule has 0 aliphatic carbocycles. The first kappa shape index (κ1) is 25.6. The number of nitrogens with one attached hydrogen (secondary N) is 3.